The van der Waals surface area contributed by atoms with Gasteiger partial charge >= 0.3 is 0 Å². The molecule has 0 atom stereocenters. The van der Waals surface area contributed by atoms with Gasteiger partial charge in [0.25, 0.3) is 0 Å². The zero-order valence-corrected chi connectivity index (χ0v) is 11.2. The molecule has 1 fully saturated rings. The molecule has 0 unspecified atom stereocenters. The summed E-state index contributed by atoms with van der Waals surface area (Å²) in [5.41, 5.74) is 6.92. The monoisotopic (exact) mass is 254 g/mol. The van der Waals surface area contributed by atoms with Crippen LogP contribution in [0.25, 0.3) is 0 Å². The van der Waals surface area contributed by atoms with Gasteiger partial charge in [0.15, 0.2) is 5.82 Å². The fraction of sp³-hybridized carbons (Fsp3) is 0.667. The smallest absolute Gasteiger partial charge is 0.224 e. The molecule has 0 saturated carbocycles. The summed E-state index contributed by atoms with van der Waals surface area (Å²) in [5, 5.41) is 0.262. The molecule has 5 heteroatoms. The Morgan fingerprint density at radius 1 is 1.35 bits per heavy atom. The lowest BCUT2D eigenvalue weighted by Gasteiger charge is -2.24. The van der Waals surface area contributed by atoms with Crippen LogP contribution >= 0.6 is 11.6 Å². The highest BCUT2D eigenvalue weighted by Crippen LogP contribution is 2.32. The van der Waals surface area contributed by atoms with Gasteiger partial charge in [-0.2, -0.15) is 4.98 Å². The SMILES string of the molecule is CC1(C)CCCN(c2nc(Cl)ncc2N)CC1. The van der Waals surface area contributed by atoms with Gasteiger partial charge < -0.3 is 10.6 Å². The fourth-order valence-electron chi connectivity index (χ4n) is 2.25. The first-order chi connectivity index (χ1) is 7.98. The molecular formula is C12H19ClN4. The molecule has 1 aromatic heterocycles. The number of hydrogen-bond acceptors (Lipinski definition) is 4. The van der Waals surface area contributed by atoms with Gasteiger partial charge in [0.2, 0.25) is 5.28 Å². The zero-order chi connectivity index (χ0) is 12.5. The minimum atomic E-state index is 0.262. The third kappa shape index (κ3) is 3.00. The third-order valence-corrected chi connectivity index (χ3v) is 3.59. The van der Waals surface area contributed by atoms with E-state index in [0.717, 1.165) is 31.7 Å². The van der Waals surface area contributed by atoms with Crippen molar-refractivity contribution in [1.29, 1.82) is 0 Å². The second kappa shape index (κ2) is 4.69. The van der Waals surface area contributed by atoms with Gasteiger partial charge in [-0.25, -0.2) is 4.98 Å². The molecule has 1 aromatic rings. The van der Waals surface area contributed by atoms with Crippen molar-refractivity contribution in [1.82, 2.24) is 9.97 Å². The van der Waals surface area contributed by atoms with Crippen molar-refractivity contribution in [3.05, 3.63) is 11.5 Å². The van der Waals surface area contributed by atoms with E-state index in [2.05, 4.69) is 28.7 Å². The molecule has 0 radical (unpaired) electrons. The Balaban J connectivity index is 2.19. The first-order valence-electron chi connectivity index (χ1n) is 6.01. The first kappa shape index (κ1) is 12.4. The number of rotatable bonds is 1. The number of nitrogens with two attached hydrogens (primary N) is 1. The van der Waals surface area contributed by atoms with Gasteiger partial charge in [-0.3, -0.25) is 0 Å². The van der Waals surface area contributed by atoms with Crippen LogP contribution in [0.1, 0.15) is 33.1 Å². The summed E-state index contributed by atoms with van der Waals surface area (Å²) in [7, 11) is 0. The maximum Gasteiger partial charge on any atom is 0.224 e. The van der Waals surface area contributed by atoms with Crippen molar-refractivity contribution in [3.8, 4) is 0 Å². The molecule has 2 rings (SSSR count). The zero-order valence-electron chi connectivity index (χ0n) is 10.4. The van der Waals surface area contributed by atoms with Gasteiger partial charge in [-0.15, -0.1) is 0 Å². The second-order valence-electron chi connectivity index (χ2n) is 5.42. The Morgan fingerprint density at radius 3 is 2.88 bits per heavy atom. The predicted molar refractivity (Wildman–Crippen MR) is 71.3 cm³/mol. The highest BCUT2D eigenvalue weighted by Gasteiger charge is 2.24. The van der Waals surface area contributed by atoms with Crippen molar-refractivity contribution in [2.24, 2.45) is 5.41 Å². The van der Waals surface area contributed by atoms with Crippen molar-refractivity contribution < 1.29 is 0 Å². The van der Waals surface area contributed by atoms with E-state index in [1.807, 2.05) is 0 Å². The van der Waals surface area contributed by atoms with E-state index in [9.17, 15) is 0 Å². The summed E-state index contributed by atoms with van der Waals surface area (Å²) in [4.78, 5) is 10.3. The van der Waals surface area contributed by atoms with Gasteiger partial charge in [0.1, 0.15) is 0 Å². The molecule has 0 bridgehead atoms. The highest BCUT2D eigenvalue weighted by molar-refractivity contribution is 6.28. The van der Waals surface area contributed by atoms with Gasteiger partial charge in [0, 0.05) is 13.1 Å². The molecule has 0 aliphatic carbocycles. The molecule has 17 heavy (non-hydrogen) atoms. The van der Waals surface area contributed by atoms with Crippen molar-refractivity contribution in [2.45, 2.75) is 33.1 Å². The lowest BCUT2D eigenvalue weighted by Crippen LogP contribution is -2.27. The number of aromatic nitrogens is 2. The molecule has 2 N–H and O–H groups in total. The highest BCUT2D eigenvalue weighted by atomic mass is 35.5. The van der Waals surface area contributed by atoms with E-state index in [0.29, 0.717) is 11.1 Å². The maximum absolute atomic E-state index is 5.91. The van der Waals surface area contributed by atoms with Crippen molar-refractivity contribution >= 4 is 23.1 Å². The van der Waals surface area contributed by atoms with Gasteiger partial charge in [0.05, 0.1) is 11.9 Å². The quantitative estimate of drug-likeness (QED) is 0.783. The largest absolute Gasteiger partial charge is 0.394 e. The number of halogens is 1. The Bertz CT molecular complexity index is 405. The normalized spacial score (nSPS) is 20.1. The van der Waals surface area contributed by atoms with Crippen LogP contribution in [0.15, 0.2) is 6.20 Å². The van der Waals surface area contributed by atoms with Crippen molar-refractivity contribution in [2.75, 3.05) is 23.7 Å². The lowest BCUT2D eigenvalue weighted by atomic mass is 9.85. The molecule has 1 aliphatic rings. The summed E-state index contributed by atoms with van der Waals surface area (Å²) >= 11 is 5.83. The number of nitrogens with zero attached hydrogens (tertiary/aromatic N) is 3. The Labute approximate surface area is 107 Å². The maximum atomic E-state index is 5.91. The molecule has 1 saturated heterocycles. The van der Waals surface area contributed by atoms with E-state index in [-0.39, 0.29) is 5.28 Å². The summed E-state index contributed by atoms with van der Waals surface area (Å²) < 4.78 is 0. The van der Waals surface area contributed by atoms with E-state index < -0.39 is 0 Å². The fourth-order valence-corrected chi connectivity index (χ4v) is 2.38. The minimum Gasteiger partial charge on any atom is -0.394 e. The predicted octanol–water partition coefficient (Wildman–Crippen LogP) is 2.73. The molecule has 94 valence electrons. The van der Waals surface area contributed by atoms with Gasteiger partial charge in [-0.1, -0.05) is 13.8 Å². The minimum absolute atomic E-state index is 0.262. The molecule has 4 nitrogen and oxygen atoms in total. The molecule has 2 heterocycles. The van der Waals surface area contributed by atoms with E-state index in [1.165, 1.54) is 6.42 Å². The Morgan fingerprint density at radius 2 is 2.12 bits per heavy atom. The average molecular weight is 255 g/mol. The number of hydrogen-bond donors (Lipinski definition) is 1. The van der Waals surface area contributed by atoms with Crippen LogP contribution in [0, 0.1) is 5.41 Å². The Hall–Kier alpha value is -1.03. The molecule has 0 aromatic carbocycles. The average Bonchev–Trinajstić information content (AvgIpc) is 2.43. The summed E-state index contributed by atoms with van der Waals surface area (Å²) in [5.74, 6) is 0.780. The standard InChI is InChI=1S/C12H19ClN4/c1-12(2)4-3-6-17(7-5-12)10-9(14)8-15-11(13)16-10/h8H,3-7,14H2,1-2H3. The number of anilines is 2. The van der Waals surface area contributed by atoms with Crippen LogP contribution in [-0.4, -0.2) is 23.1 Å². The van der Waals surface area contributed by atoms with Crippen LogP contribution in [0.4, 0.5) is 11.5 Å². The molecular weight excluding hydrogens is 236 g/mol. The summed E-state index contributed by atoms with van der Waals surface area (Å²) in [6.45, 7) is 6.59. The lowest BCUT2D eigenvalue weighted by molar-refractivity contribution is 0.325. The summed E-state index contributed by atoms with van der Waals surface area (Å²) in [6.07, 6.45) is 5.13. The van der Waals surface area contributed by atoms with E-state index in [4.69, 9.17) is 17.3 Å². The first-order valence-corrected chi connectivity index (χ1v) is 6.39. The van der Waals surface area contributed by atoms with Crippen LogP contribution in [0.5, 0.6) is 0 Å². The van der Waals surface area contributed by atoms with E-state index >= 15 is 0 Å². The molecule has 1 aliphatic heterocycles. The van der Waals surface area contributed by atoms with E-state index in [1.54, 1.807) is 6.20 Å². The topological polar surface area (TPSA) is 55.0 Å². The van der Waals surface area contributed by atoms with Crippen LogP contribution in [0.3, 0.4) is 0 Å². The van der Waals surface area contributed by atoms with Crippen molar-refractivity contribution in [3.63, 3.8) is 0 Å². The van der Waals surface area contributed by atoms with Crippen LogP contribution < -0.4 is 10.6 Å². The van der Waals surface area contributed by atoms with Gasteiger partial charge in [-0.05, 0) is 36.3 Å². The van der Waals surface area contributed by atoms with Crippen LogP contribution in [0.2, 0.25) is 5.28 Å². The van der Waals surface area contributed by atoms with Crippen LogP contribution in [-0.2, 0) is 0 Å². The molecule has 0 spiro atoms. The third-order valence-electron chi connectivity index (χ3n) is 3.41. The Kier molecular flexibility index (Phi) is 3.43. The number of nitrogen functional groups attached to an aromatic ring is 1. The second-order valence-corrected chi connectivity index (χ2v) is 5.76. The summed E-state index contributed by atoms with van der Waals surface area (Å²) in [6, 6.07) is 0. The molecule has 0 amide bonds.